The highest BCUT2D eigenvalue weighted by molar-refractivity contribution is 7.88. The number of amides is 1. The summed E-state index contributed by atoms with van der Waals surface area (Å²) in [6, 6.07) is 8.36. The van der Waals surface area contributed by atoms with Crippen molar-refractivity contribution in [2.75, 3.05) is 38.5 Å². The SMILES string of the molecule is COc1cc(Nc2ncc(F)c(Nc3cccc(C)c3CS(=O)(=O)NCCCC(N)=O)n2)cc(OC)c1OC. The molecule has 1 heterocycles. The topological polar surface area (TPSA) is 167 Å². The van der Waals surface area contributed by atoms with Gasteiger partial charge in [-0.2, -0.15) is 4.98 Å². The number of aryl methyl sites for hydroxylation is 1. The first kappa shape index (κ1) is 29.4. The van der Waals surface area contributed by atoms with Gasteiger partial charge < -0.3 is 30.6 Å². The molecule has 2 aromatic carbocycles. The van der Waals surface area contributed by atoms with Crippen molar-refractivity contribution in [2.45, 2.75) is 25.5 Å². The summed E-state index contributed by atoms with van der Waals surface area (Å²) >= 11 is 0. The second-order valence-electron chi connectivity index (χ2n) is 8.38. The van der Waals surface area contributed by atoms with E-state index in [9.17, 15) is 17.6 Å². The van der Waals surface area contributed by atoms with Crippen LogP contribution in [0.4, 0.5) is 27.5 Å². The zero-order valence-corrected chi connectivity index (χ0v) is 22.8. The average molecular weight is 563 g/mol. The predicted molar refractivity (Wildman–Crippen MR) is 145 cm³/mol. The smallest absolute Gasteiger partial charge is 0.229 e. The normalized spacial score (nSPS) is 11.1. The molecular weight excluding hydrogens is 531 g/mol. The number of hydrogen-bond donors (Lipinski definition) is 4. The van der Waals surface area contributed by atoms with E-state index in [-0.39, 0.29) is 36.9 Å². The van der Waals surface area contributed by atoms with E-state index in [1.54, 1.807) is 37.3 Å². The molecule has 0 bridgehead atoms. The van der Waals surface area contributed by atoms with E-state index in [2.05, 4.69) is 25.3 Å². The number of nitrogens with zero attached hydrogens (tertiary/aromatic N) is 2. The number of aromatic nitrogens is 2. The van der Waals surface area contributed by atoms with Crippen molar-refractivity contribution < 1.29 is 31.8 Å². The molecule has 14 heteroatoms. The third-order valence-corrected chi connectivity index (χ3v) is 6.90. The molecule has 3 rings (SSSR count). The number of anilines is 4. The molecule has 1 aromatic heterocycles. The number of carbonyl (C=O) groups excluding carboxylic acids is 1. The van der Waals surface area contributed by atoms with E-state index in [0.717, 1.165) is 6.20 Å². The summed E-state index contributed by atoms with van der Waals surface area (Å²) in [6.07, 6.45) is 1.34. The van der Waals surface area contributed by atoms with Gasteiger partial charge in [-0.1, -0.05) is 12.1 Å². The average Bonchev–Trinajstić information content (AvgIpc) is 2.89. The van der Waals surface area contributed by atoms with Gasteiger partial charge in [0, 0.05) is 36.5 Å². The van der Waals surface area contributed by atoms with Crippen molar-refractivity contribution in [1.29, 1.82) is 0 Å². The summed E-state index contributed by atoms with van der Waals surface area (Å²) in [5.41, 5.74) is 7.05. The molecule has 0 saturated carbocycles. The molecule has 12 nitrogen and oxygen atoms in total. The van der Waals surface area contributed by atoms with Crippen LogP contribution in [0.15, 0.2) is 36.5 Å². The summed E-state index contributed by atoms with van der Waals surface area (Å²) in [7, 11) is 0.683. The van der Waals surface area contributed by atoms with E-state index in [0.29, 0.717) is 39.8 Å². The van der Waals surface area contributed by atoms with Crippen LogP contribution in [-0.4, -0.2) is 52.2 Å². The second-order valence-corrected chi connectivity index (χ2v) is 10.2. The molecule has 0 atom stereocenters. The number of benzene rings is 2. The highest BCUT2D eigenvalue weighted by Gasteiger charge is 2.19. The number of rotatable bonds is 14. The Morgan fingerprint density at radius 2 is 1.77 bits per heavy atom. The van der Waals surface area contributed by atoms with Gasteiger partial charge >= 0.3 is 0 Å². The Balaban J connectivity index is 1.84. The summed E-state index contributed by atoms with van der Waals surface area (Å²) in [5.74, 6) is -0.540. The lowest BCUT2D eigenvalue weighted by molar-refractivity contribution is -0.118. The van der Waals surface area contributed by atoms with Gasteiger partial charge in [0.05, 0.1) is 33.3 Å². The van der Waals surface area contributed by atoms with Crippen molar-refractivity contribution >= 4 is 39.1 Å². The zero-order valence-electron chi connectivity index (χ0n) is 22.0. The van der Waals surface area contributed by atoms with Gasteiger partial charge in [0.25, 0.3) is 0 Å². The monoisotopic (exact) mass is 562 g/mol. The minimum absolute atomic E-state index is 0.0612. The molecule has 0 saturated heterocycles. The Morgan fingerprint density at radius 1 is 1.08 bits per heavy atom. The molecular formula is C25H31FN6O6S. The van der Waals surface area contributed by atoms with Crippen LogP contribution in [0, 0.1) is 12.7 Å². The Kier molecular flexibility index (Phi) is 9.84. The number of ether oxygens (including phenoxy) is 3. The molecule has 0 radical (unpaired) electrons. The Labute approximate surface area is 226 Å². The van der Waals surface area contributed by atoms with Crippen LogP contribution in [-0.2, 0) is 20.6 Å². The van der Waals surface area contributed by atoms with Crippen LogP contribution in [0.5, 0.6) is 17.2 Å². The van der Waals surface area contributed by atoms with Crippen LogP contribution < -0.4 is 35.3 Å². The predicted octanol–water partition coefficient (Wildman–Crippen LogP) is 3.12. The van der Waals surface area contributed by atoms with Crippen molar-refractivity contribution in [3.05, 3.63) is 53.5 Å². The molecule has 3 aromatic rings. The lowest BCUT2D eigenvalue weighted by Gasteiger charge is -2.16. The number of nitrogens with two attached hydrogens (primary N) is 1. The molecule has 39 heavy (non-hydrogen) atoms. The lowest BCUT2D eigenvalue weighted by Crippen LogP contribution is -2.27. The Hall–Kier alpha value is -4.17. The number of sulfonamides is 1. The summed E-state index contributed by atoms with van der Waals surface area (Å²) < 4.78 is 58.6. The lowest BCUT2D eigenvalue weighted by atomic mass is 10.1. The van der Waals surface area contributed by atoms with E-state index >= 15 is 0 Å². The first-order valence-corrected chi connectivity index (χ1v) is 13.4. The molecule has 5 N–H and O–H groups in total. The fourth-order valence-corrected chi connectivity index (χ4v) is 4.99. The van der Waals surface area contributed by atoms with Crippen LogP contribution >= 0.6 is 0 Å². The second kappa shape index (κ2) is 13.1. The number of primary amides is 1. The third-order valence-electron chi connectivity index (χ3n) is 5.58. The van der Waals surface area contributed by atoms with Gasteiger partial charge in [0.1, 0.15) is 0 Å². The van der Waals surface area contributed by atoms with Gasteiger partial charge in [0.2, 0.25) is 27.6 Å². The largest absolute Gasteiger partial charge is 0.493 e. The standard InChI is InChI=1S/C25H31FN6O6S/c1-15-7-5-8-19(17(15)14-39(34,35)29-10-6-9-22(27)33)31-24-18(26)13-28-25(32-24)30-16-11-20(36-2)23(38-4)21(12-16)37-3/h5,7-8,11-13,29H,6,9-10,14H2,1-4H3,(H2,27,33)(H2,28,30,31,32). The van der Waals surface area contributed by atoms with Gasteiger partial charge in [-0.3, -0.25) is 4.79 Å². The quantitative estimate of drug-likeness (QED) is 0.214. The first-order valence-electron chi connectivity index (χ1n) is 11.8. The highest BCUT2D eigenvalue weighted by Crippen LogP contribution is 2.40. The molecule has 0 fully saturated rings. The molecule has 1 amide bonds. The highest BCUT2D eigenvalue weighted by atomic mass is 32.2. The summed E-state index contributed by atoms with van der Waals surface area (Å²) in [6.45, 7) is 1.81. The van der Waals surface area contributed by atoms with Gasteiger partial charge in [-0.25, -0.2) is 22.5 Å². The van der Waals surface area contributed by atoms with Gasteiger partial charge in [0.15, 0.2) is 23.1 Å². The van der Waals surface area contributed by atoms with Gasteiger partial charge in [-0.15, -0.1) is 0 Å². The molecule has 0 aliphatic heterocycles. The molecule has 0 spiro atoms. The number of methoxy groups -OCH3 is 3. The van der Waals surface area contributed by atoms with E-state index in [1.165, 1.54) is 21.3 Å². The maximum atomic E-state index is 14.7. The van der Waals surface area contributed by atoms with Crippen molar-refractivity contribution in [3.8, 4) is 17.2 Å². The summed E-state index contributed by atoms with van der Waals surface area (Å²) in [5, 5.41) is 5.86. The maximum Gasteiger partial charge on any atom is 0.229 e. The minimum Gasteiger partial charge on any atom is -0.493 e. The van der Waals surface area contributed by atoms with Crippen molar-refractivity contribution in [3.63, 3.8) is 0 Å². The molecule has 210 valence electrons. The zero-order chi connectivity index (χ0) is 28.6. The van der Waals surface area contributed by atoms with Crippen molar-refractivity contribution in [1.82, 2.24) is 14.7 Å². The van der Waals surface area contributed by atoms with E-state index in [4.69, 9.17) is 19.9 Å². The summed E-state index contributed by atoms with van der Waals surface area (Å²) in [4.78, 5) is 19.1. The minimum atomic E-state index is -3.76. The Bertz CT molecular complexity index is 1410. The van der Waals surface area contributed by atoms with Crippen LogP contribution in [0.2, 0.25) is 0 Å². The fourth-order valence-electron chi connectivity index (χ4n) is 3.67. The molecule has 0 aliphatic rings. The Morgan fingerprint density at radius 3 is 2.38 bits per heavy atom. The van der Waals surface area contributed by atoms with Crippen LogP contribution in [0.25, 0.3) is 0 Å². The number of nitrogens with one attached hydrogen (secondary N) is 3. The third kappa shape index (κ3) is 7.91. The molecule has 0 aliphatic carbocycles. The van der Waals surface area contributed by atoms with E-state index < -0.39 is 21.7 Å². The number of carbonyl (C=O) groups is 1. The first-order chi connectivity index (χ1) is 18.6. The van der Waals surface area contributed by atoms with Crippen molar-refractivity contribution in [2.24, 2.45) is 5.73 Å². The fraction of sp³-hybridized carbons (Fsp3) is 0.320. The van der Waals surface area contributed by atoms with Crippen LogP contribution in [0.3, 0.4) is 0 Å². The van der Waals surface area contributed by atoms with Crippen LogP contribution in [0.1, 0.15) is 24.0 Å². The maximum absolute atomic E-state index is 14.7. The number of hydrogen-bond acceptors (Lipinski definition) is 10. The number of halogens is 1. The van der Waals surface area contributed by atoms with E-state index in [1.807, 2.05) is 0 Å². The van der Waals surface area contributed by atoms with Gasteiger partial charge in [-0.05, 0) is 30.5 Å². The molecule has 0 unspecified atom stereocenters.